The Morgan fingerprint density at radius 3 is 2.57 bits per heavy atom. The van der Waals surface area contributed by atoms with Gasteiger partial charge >= 0.3 is 6.09 Å². The summed E-state index contributed by atoms with van der Waals surface area (Å²) in [5.74, 6) is -0.171. The number of nitrogen functional groups attached to an aromatic ring is 1. The summed E-state index contributed by atoms with van der Waals surface area (Å²) in [4.78, 5) is 24.2. The standard InChI is InChI=1S/C16H21N3O3S/c1-16(2,3)22-15(21)19-7-6-18-14(20)13-9-10-8-11(17)4-5-12(10)23-13/h4-5,8-9H,6-7,17H2,1-3H3,(H,18,20)(H,19,21). The molecule has 0 bridgehead atoms. The Bertz CT molecular complexity index is 719. The molecule has 0 saturated heterocycles. The number of thiophene rings is 1. The molecule has 0 aliphatic carbocycles. The number of anilines is 1. The third-order valence-corrected chi connectivity index (χ3v) is 3.96. The summed E-state index contributed by atoms with van der Waals surface area (Å²) in [6.45, 7) is 6.01. The molecule has 2 aromatic rings. The van der Waals surface area contributed by atoms with Crippen LogP contribution in [0, 0.1) is 0 Å². The molecular weight excluding hydrogens is 314 g/mol. The second-order valence-electron chi connectivity index (χ2n) is 6.09. The molecule has 1 aromatic carbocycles. The van der Waals surface area contributed by atoms with Crippen LogP contribution < -0.4 is 16.4 Å². The van der Waals surface area contributed by atoms with E-state index in [-0.39, 0.29) is 5.91 Å². The van der Waals surface area contributed by atoms with E-state index in [0.29, 0.717) is 23.7 Å². The van der Waals surface area contributed by atoms with E-state index in [0.717, 1.165) is 10.1 Å². The highest BCUT2D eigenvalue weighted by molar-refractivity contribution is 7.20. The Labute approximate surface area is 139 Å². The summed E-state index contributed by atoms with van der Waals surface area (Å²) >= 11 is 1.41. The first-order chi connectivity index (χ1) is 10.7. The summed E-state index contributed by atoms with van der Waals surface area (Å²) in [5, 5.41) is 6.30. The number of hydrogen-bond donors (Lipinski definition) is 3. The van der Waals surface area contributed by atoms with Crippen LogP contribution in [0.3, 0.4) is 0 Å². The number of alkyl carbamates (subject to hydrolysis) is 1. The average molecular weight is 335 g/mol. The molecule has 1 heterocycles. The number of ether oxygens (including phenoxy) is 1. The molecule has 2 rings (SSSR count). The van der Waals surface area contributed by atoms with Gasteiger partial charge in [-0.3, -0.25) is 4.79 Å². The summed E-state index contributed by atoms with van der Waals surface area (Å²) in [7, 11) is 0. The van der Waals surface area contributed by atoms with Crippen molar-refractivity contribution in [2.45, 2.75) is 26.4 Å². The monoisotopic (exact) mass is 335 g/mol. The zero-order valence-corrected chi connectivity index (χ0v) is 14.3. The predicted octanol–water partition coefficient (Wildman–Crippen LogP) is 2.74. The fourth-order valence-electron chi connectivity index (χ4n) is 1.92. The first-order valence-electron chi connectivity index (χ1n) is 7.29. The maximum atomic E-state index is 12.1. The Morgan fingerprint density at radius 2 is 1.87 bits per heavy atom. The van der Waals surface area contributed by atoms with Crippen molar-refractivity contribution >= 4 is 39.1 Å². The van der Waals surface area contributed by atoms with Crippen LogP contribution in [0.2, 0.25) is 0 Å². The van der Waals surface area contributed by atoms with Crippen molar-refractivity contribution in [2.24, 2.45) is 0 Å². The second-order valence-corrected chi connectivity index (χ2v) is 7.18. The highest BCUT2D eigenvalue weighted by Gasteiger charge is 2.15. The van der Waals surface area contributed by atoms with Crippen molar-refractivity contribution in [3.63, 3.8) is 0 Å². The molecule has 124 valence electrons. The van der Waals surface area contributed by atoms with Crippen LogP contribution in [0.25, 0.3) is 10.1 Å². The van der Waals surface area contributed by atoms with Gasteiger partial charge in [0.1, 0.15) is 5.60 Å². The quantitative estimate of drug-likeness (QED) is 0.591. The van der Waals surface area contributed by atoms with Crippen LogP contribution in [0.5, 0.6) is 0 Å². The number of hydrogen-bond acceptors (Lipinski definition) is 5. The minimum atomic E-state index is -0.535. The number of nitrogens with two attached hydrogens (primary N) is 1. The van der Waals surface area contributed by atoms with E-state index < -0.39 is 11.7 Å². The van der Waals surface area contributed by atoms with Gasteiger partial charge in [-0.25, -0.2) is 4.79 Å². The third-order valence-electron chi connectivity index (χ3n) is 2.84. The van der Waals surface area contributed by atoms with Crippen LogP contribution >= 0.6 is 11.3 Å². The molecule has 2 amide bonds. The second kappa shape index (κ2) is 6.87. The highest BCUT2D eigenvalue weighted by atomic mass is 32.1. The van der Waals surface area contributed by atoms with Crippen molar-refractivity contribution in [3.8, 4) is 0 Å². The van der Waals surface area contributed by atoms with Crippen LogP contribution in [-0.4, -0.2) is 30.7 Å². The molecule has 1 aromatic heterocycles. The molecule has 0 spiro atoms. The molecule has 0 fully saturated rings. The van der Waals surface area contributed by atoms with Gasteiger partial charge in [-0.1, -0.05) is 0 Å². The number of fused-ring (bicyclic) bond motifs is 1. The third kappa shape index (κ3) is 5.14. The van der Waals surface area contributed by atoms with Gasteiger partial charge in [-0.15, -0.1) is 11.3 Å². The molecule has 0 radical (unpaired) electrons. The van der Waals surface area contributed by atoms with E-state index in [1.165, 1.54) is 11.3 Å². The van der Waals surface area contributed by atoms with E-state index >= 15 is 0 Å². The van der Waals surface area contributed by atoms with Crippen LogP contribution in [0.1, 0.15) is 30.4 Å². The van der Waals surface area contributed by atoms with Crippen molar-refractivity contribution in [1.82, 2.24) is 10.6 Å². The lowest BCUT2D eigenvalue weighted by Crippen LogP contribution is -2.37. The minimum Gasteiger partial charge on any atom is -0.444 e. The average Bonchev–Trinajstić information content (AvgIpc) is 2.84. The number of nitrogens with one attached hydrogen (secondary N) is 2. The molecule has 6 nitrogen and oxygen atoms in total. The lowest BCUT2D eigenvalue weighted by molar-refractivity contribution is 0.0526. The Morgan fingerprint density at radius 1 is 1.17 bits per heavy atom. The normalized spacial score (nSPS) is 11.3. The first-order valence-corrected chi connectivity index (χ1v) is 8.10. The molecule has 0 saturated carbocycles. The Kier molecular flexibility index (Phi) is 5.10. The summed E-state index contributed by atoms with van der Waals surface area (Å²) < 4.78 is 6.12. The number of amides is 2. The van der Waals surface area contributed by atoms with Gasteiger partial charge in [0.05, 0.1) is 4.88 Å². The van der Waals surface area contributed by atoms with E-state index in [2.05, 4.69) is 10.6 Å². The fraction of sp³-hybridized carbons (Fsp3) is 0.375. The largest absolute Gasteiger partial charge is 0.444 e. The van der Waals surface area contributed by atoms with Gasteiger partial charge < -0.3 is 21.1 Å². The van der Waals surface area contributed by atoms with Crippen molar-refractivity contribution in [2.75, 3.05) is 18.8 Å². The summed E-state index contributed by atoms with van der Waals surface area (Å²) in [6, 6.07) is 7.36. The van der Waals surface area contributed by atoms with Crippen LogP contribution in [0.15, 0.2) is 24.3 Å². The summed E-state index contributed by atoms with van der Waals surface area (Å²) in [6.07, 6.45) is -0.496. The number of rotatable bonds is 4. The molecule has 0 atom stereocenters. The van der Waals surface area contributed by atoms with Gasteiger partial charge in [0.2, 0.25) is 0 Å². The molecule has 0 aliphatic rings. The van der Waals surface area contributed by atoms with E-state index in [1.807, 2.05) is 24.3 Å². The smallest absolute Gasteiger partial charge is 0.407 e. The summed E-state index contributed by atoms with van der Waals surface area (Å²) in [5.41, 5.74) is 5.87. The molecular formula is C16H21N3O3S. The molecule has 0 unspecified atom stereocenters. The van der Waals surface area contributed by atoms with Crippen molar-refractivity contribution in [1.29, 1.82) is 0 Å². The topological polar surface area (TPSA) is 93.5 Å². The van der Waals surface area contributed by atoms with Gasteiger partial charge in [0.15, 0.2) is 0 Å². The van der Waals surface area contributed by atoms with E-state index in [4.69, 9.17) is 10.5 Å². The Balaban J connectivity index is 1.81. The maximum Gasteiger partial charge on any atom is 0.407 e. The lowest BCUT2D eigenvalue weighted by Gasteiger charge is -2.19. The minimum absolute atomic E-state index is 0.171. The van der Waals surface area contributed by atoms with Crippen LogP contribution in [0.4, 0.5) is 10.5 Å². The number of benzene rings is 1. The van der Waals surface area contributed by atoms with Gasteiger partial charge in [-0.2, -0.15) is 0 Å². The molecule has 0 aliphatic heterocycles. The van der Waals surface area contributed by atoms with Crippen molar-refractivity contribution in [3.05, 3.63) is 29.1 Å². The molecule has 23 heavy (non-hydrogen) atoms. The van der Waals surface area contributed by atoms with Crippen molar-refractivity contribution < 1.29 is 14.3 Å². The molecule has 4 N–H and O–H groups in total. The highest BCUT2D eigenvalue weighted by Crippen LogP contribution is 2.27. The van der Waals surface area contributed by atoms with Crippen LogP contribution in [-0.2, 0) is 4.74 Å². The van der Waals surface area contributed by atoms with E-state index in [1.54, 1.807) is 20.8 Å². The zero-order chi connectivity index (χ0) is 17.0. The van der Waals surface area contributed by atoms with Gasteiger partial charge in [0.25, 0.3) is 5.91 Å². The first kappa shape index (κ1) is 17.1. The fourth-order valence-corrected chi connectivity index (χ4v) is 2.88. The number of carbonyl (C=O) groups is 2. The van der Waals surface area contributed by atoms with E-state index in [9.17, 15) is 9.59 Å². The lowest BCUT2D eigenvalue weighted by atomic mass is 10.2. The zero-order valence-electron chi connectivity index (χ0n) is 13.4. The maximum absolute atomic E-state index is 12.1. The van der Waals surface area contributed by atoms with Gasteiger partial charge in [0, 0.05) is 23.5 Å². The molecule has 7 heteroatoms. The van der Waals surface area contributed by atoms with Gasteiger partial charge in [-0.05, 0) is 50.4 Å². The predicted molar refractivity (Wildman–Crippen MR) is 92.8 cm³/mol. The SMILES string of the molecule is CC(C)(C)OC(=O)NCCNC(=O)c1cc2cc(N)ccc2s1. The Hall–Kier alpha value is -2.28. The number of carbonyl (C=O) groups excluding carboxylic acids is 2.